The van der Waals surface area contributed by atoms with Gasteiger partial charge < -0.3 is 25.2 Å². The van der Waals surface area contributed by atoms with Crippen molar-refractivity contribution in [1.82, 2.24) is 33.1 Å². The first-order valence-electron chi connectivity index (χ1n) is 19.9. The summed E-state index contributed by atoms with van der Waals surface area (Å²) in [7, 11) is 0. The van der Waals surface area contributed by atoms with Gasteiger partial charge in [0.1, 0.15) is 12.4 Å². The Hall–Kier alpha value is -4.26. The van der Waals surface area contributed by atoms with E-state index in [4.69, 9.17) is 19.8 Å². The molecule has 4 aromatic heterocycles. The maximum atomic E-state index is 12.9. The van der Waals surface area contributed by atoms with Gasteiger partial charge in [0.15, 0.2) is 22.5 Å². The highest BCUT2D eigenvalue weighted by molar-refractivity contribution is 14.1. The van der Waals surface area contributed by atoms with E-state index in [1.807, 2.05) is 55.1 Å². The lowest BCUT2D eigenvalue weighted by atomic mass is 9.39. The Kier molecular flexibility index (Phi) is 9.79. The maximum absolute atomic E-state index is 12.9. The molecule has 3 N–H and O–H groups in total. The summed E-state index contributed by atoms with van der Waals surface area (Å²) in [6.07, 6.45) is 9.75. The van der Waals surface area contributed by atoms with Gasteiger partial charge in [-0.15, -0.1) is 10.2 Å². The van der Waals surface area contributed by atoms with Crippen LogP contribution in [0.2, 0.25) is 0 Å². The van der Waals surface area contributed by atoms with Gasteiger partial charge in [0.25, 0.3) is 0 Å². The predicted molar refractivity (Wildman–Crippen MR) is 230 cm³/mol. The monoisotopic (exact) mass is 917 g/mol. The van der Waals surface area contributed by atoms with Gasteiger partial charge in [-0.3, -0.25) is 9.48 Å². The summed E-state index contributed by atoms with van der Waals surface area (Å²) in [6.45, 7) is 11.3. The quantitative estimate of drug-likeness (QED) is 0.0761. The highest BCUT2D eigenvalue weighted by Crippen LogP contribution is 2.72. The summed E-state index contributed by atoms with van der Waals surface area (Å²) >= 11 is 3.63. The molecule has 0 spiro atoms. The Morgan fingerprint density at radius 2 is 1.76 bits per heavy atom. The van der Waals surface area contributed by atoms with E-state index in [2.05, 4.69) is 56.9 Å². The summed E-state index contributed by atoms with van der Waals surface area (Å²) in [5.41, 5.74) is 5.11. The first kappa shape index (κ1) is 39.2. The molecule has 5 aromatic rings. The van der Waals surface area contributed by atoms with Gasteiger partial charge in [-0.1, -0.05) is 37.3 Å². The number of halogens is 1. The lowest BCUT2D eigenvalue weighted by Gasteiger charge is -2.69. The third-order valence-corrected chi connectivity index (χ3v) is 14.6. The SMILES string of the molecule is Cc1c(Nc2nc3ccccc3s2)nnc2c1CCCN2c1ccc(-c2cnn(CC34CC5(C)CC(C)(C3)CC(OCCN(I)CC(=O)O)(C5)C4)c2C)c(C(=O)O)n1. The number of rotatable bonds is 13. The van der Waals surface area contributed by atoms with Gasteiger partial charge in [-0.25, -0.2) is 17.9 Å². The fraction of sp³-hybridized carbons (Fsp3) is 0.500. The van der Waals surface area contributed by atoms with Gasteiger partial charge >= 0.3 is 11.9 Å². The normalized spacial score (nSPS) is 26.1. The summed E-state index contributed by atoms with van der Waals surface area (Å²) < 4.78 is 11.7. The first-order valence-corrected chi connectivity index (χ1v) is 21.7. The largest absolute Gasteiger partial charge is 0.480 e. The summed E-state index contributed by atoms with van der Waals surface area (Å²) in [6, 6.07) is 11.7. The summed E-state index contributed by atoms with van der Waals surface area (Å²) in [5.74, 6) is -0.0935. The number of hydrogen-bond donors (Lipinski definition) is 3. The third-order valence-electron chi connectivity index (χ3n) is 12.8. The van der Waals surface area contributed by atoms with E-state index in [9.17, 15) is 19.8 Å². The Morgan fingerprint density at radius 1 is 0.983 bits per heavy atom. The maximum Gasteiger partial charge on any atom is 0.355 e. The van der Waals surface area contributed by atoms with Crippen LogP contribution in [0.4, 0.5) is 22.6 Å². The molecule has 5 heterocycles. The number of ether oxygens (including phenoxy) is 1. The minimum absolute atomic E-state index is 0.0224. The number of para-hydroxylation sites is 1. The Balaban J connectivity index is 0.963. The molecule has 10 rings (SSSR count). The Bertz CT molecular complexity index is 2400. The molecule has 1 aliphatic heterocycles. The molecule has 304 valence electrons. The number of benzene rings is 1. The average Bonchev–Trinajstić information content (AvgIpc) is 3.72. The fourth-order valence-electron chi connectivity index (χ4n) is 11.9. The predicted octanol–water partition coefficient (Wildman–Crippen LogP) is 8.36. The number of pyridine rings is 1. The molecule has 58 heavy (non-hydrogen) atoms. The van der Waals surface area contributed by atoms with Crippen LogP contribution in [0, 0.1) is 30.1 Å². The zero-order valence-electron chi connectivity index (χ0n) is 33.2. The van der Waals surface area contributed by atoms with Crippen LogP contribution in [0.15, 0.2) is 42.6 Å². The van der Waals surface area contributed by atoms with Crippen molar-refractivity contribution in [2.24, 2.45) is 16.2 Å². The molecule has 0 amide bonds. The number of aromatic nitrogens is 6. The molecule has 0 saturated heterocycles. The topological polar surface area (TPSA) is 172 Å². The summed E-state index contributed by atoms with van der Waals surface area (Å²) in [5, 5.41) is 38.0. The molecule has 2 atom stereocenters. The lowest BCUT2D eigenvalue weighted by molar-refractivity contribution is -0.248. The van der Waals surface area contributed by atoms with Crippen molar-refractivity contribution < 1.29 is 24.5 Å². The number of anilines is 4. The second-order valence-electron chi connectivity index (χ2n) is 18.0. The van der Waals surface area contributed by atoms with E-state index >= 15 is 0 Å². The molecule has 4 saturated carbocycles. The number of carboxylic acid groups (broad SMARTS) is 2. The van der Waals surface area contributed by atoms with E-state index in [-0.39, 0.29) is 34.1 Å². The van der Waals surface area contributed by atoms with E-state index in [0.29, 0.717) is 42.7 Å². The standard InChI is InChI=1S/C42H48IN9O5S/c1-25-27-8-7-13-51(36(27)49-48-35(25)47-38-45-30-9-5-6-10-31(30)58-38)32-12-11-28(34(46-32)37(55)56)29-16-44-52(26(29)2)24-41-19-39(3)18-40(4,20-41)22-42(21-39,23-41)57-15-14-50(43)17-33(53)54/h5-6,9-12,16H,7-8,13-15,17-24H2,1-4H3,(H,53,54)(H,55,56)(H,45,47,48). The molecule has 0 radical (unpaired) electrons. The Labute approximate surface area is 354 Å². The molecular weight excluding hydrogens is 869 g/mol. The van der Waals surface area contributed by atoms with E-state index in [1.54, 1.807) is 20.6 Å². The molecule has 5 aliphatic rings. The number of thiazole rings is 1. The number of fused-ring (bicyclic) bond motifs is 2. The average molecular weight is 918 g/mol. The number of carboxylic acids is 2. The van der Waals surface area contributed by atoms with Crippen molar-refractivity contribution in [3.63, 3.8) is 0 Å². The van der Waals surface area contributed by atoms with Crippen LogP contribution in [-0.4, -0.2) is 87.1 Å². The minimum atomic E-state index is -1.10. The highest BCUT2D eigenvalue weighted by Gasteiger charge is 2.66. The van der Waals surface area contributed by atoms with Gasteiger partial charge in [0.05, 0.1) is 28.6 Å². The third kappa shape index (κ3) is 7.23. The number of hydrogen-bond acceptors (Lipinski definition) is 12. The van der Waals surface area contributed by atoms with Crippen LogP contribution in [0.1, 0.15) is 86.1 Å². The number of nitrogens with zero attached hydrogens (tertiary/aromatic N) is 8. The van der Waals surface area contributed by atoms with Crippen LogP contribution in [-0.2, 0) is 22.5 Å². The lowest BCUT2D eigenvalue weighted by Crippen LogP contribution is -2.64. The highest BCUT2D eigenvalue weighted by atomic mass is 127. The molecule has 1 aromatic carbocycles. The molecule has 4 bridgehead atoms. The zero-order valence-corrected chi connectivity index (χ0v) is 36.2. The second kappa shape index (κ2) is 14.5. The van der Waals surface area contributed by atoms with Crippen molar-refractivity contribution in [2.75, 3.05) is 36.5 Å². The van der Waals surface area contributed by atoms with E-state index in [1.165, 1.54) is 6.42 Å². The van der Waals surface area contributed by atoms with Crippen molar-refractivity contribution in [1.29, 1.82) is 0 Å². The number of nitrogens with one attached hydrogen (secondary N) is 1. The van der Waals surface area contributed by atoms with Gasteiger partial charge in [0, 0.05) is 70.4 Å². The summed E-state index contributed by atoms with van der Waals surface area (Å²) in [4.78, 5) is 35.6. The van der Waals surface area contributed by atoms with E-state index in [0.717, 1.165) is 89.2 Å². The molecule has 4 fully saturated rings. The van der Waals surface area contributed by atoms with Crippen LogP contribution in [0.3, 0.4) is 0 Å². The molecule has 16 heteroatoms. The van der Waals surface area contributed by atoms with Gasteiger partial charge in [-0.05, 0) is 106 Å². The van der Waals surface area contributed by atoms with Gasteiger partial charge in [0.2, 0.25) is 0 Å². The minimum Gasteiger partial charge on any atom is -0.480 e. The first-order chi connectivity index (χ1) is 27.6. The molecule has 2 unspecified atom stereocenters. The number of aromatic carboxylic acids is 1. The van der Waals surface area contributed by atoms with Crippen LogP contribution < -0.4 is 10.2 Å². The van der Waals surface area contributed by atoms with Crippen molar-refractivity contribution in [3.8, 4) is 11.1 Å². The zero-order chi connectivity index (χ0) is 40.6. The number of aliphatic carboxylic acids is 1. The number of carbonyl (C=O) groups is 2. The Morgan fingerprint density at radius 3 is 2.50 bits per heavy atom. The van der Waals surface area contributed by atoms with Crippen LogP contribution in [0.5, 0.6) is 0 Å². The molecular formula is C42H48IN9O5S. The molecule has 4 aliphatic carbocycles. The van der Waals surface area contributed by atoms with Crippen LogP contribution >= 0.6 is 34.2 Å². The van der Waals surface area contributed by atoms with Crippen molar-refractivity contribution in [3.05, 3.63) is 65.1 Å². The van der Waals surface area contributed by atoms with Crippen molar-refractivity contribution >= 4 is 78.9 Å². The van der Waals surface area contributed by atoms with Crippen molar-refractivity contribution in [2.45, 2.75) is 91.2 Å². The van der Waals surface area contributed by atoms with E-state index < -0.39 is 11.9 Å². The molecule has 14 nitrogen and oxygen atoms in total. The fourth-order valence-corrected chi connectivity index (χ4v) is 13.2. The second-order valence-corrected chi connectivity index (χ2v) is 20.4. The van der Waals surface area contributed by atoms with Gasteiger partial charge in [-0.2, -0.15) is 5.10 Å². The smallest absolute Gasteiger partial charge is 0.355 e. The van der Waals surface area contributed by atoms with Crippen LogP contribution in [0.25, 0.3) is 21.3 Å².